The molecule has 0 spiro atoms. The molecule has 2 N–H and O–H groups in total. The zero-order chi connectivity index (χ0) is 14.6. The molecule has 0 aliphatic rings. The molecule has 1 rings (SSSR count). The average Bonchev–Trinajstić information content (AvgIpc) is 2.30. The second-order valence-corrected chi connectivity index (χ2v) is 4.25. The number of aliphatic hydroxyl groups excluding tert-OH is 1. The second-order valence-electron chi connectivity index (χ2n) is 3.53. The first-order valence-corrected chi connectivity index (χ1v) is 5.93. The number of carbonyl (C=O) groups is 2. The highest BCUT2D eigenvalue weighted by Crippen LogP contribution is 2.31. The van der Waals surface area contributed by atoms with Gasteiger partial charge in [0.15, 0.2) is 0 Å². The smallest absolute Gasteiger partial charge is 0.256 e. The van der Waals surface area contributed by atoms with Crippen molar-refractivity contribution in [3.05, 3.63) is 41.0 Å². The molecule has 0 aromatic heterocycles. The fraction of sp³-hybridized carbons (Fsp3) is 0.0769. The lowest BCUT2D eigenvalue weighted by molar-refractivity contribution is -0.107. The second kappa shape index (κ2) is 6.41. The number of phenolic OH excluding ortho intramolecular Hbond substituents is 1. The minimum Gasteiger partial charge on any atom is -0.507 e. The molecule has 0 atom stereocenters. The number of allylic oxidation sites excluding steroid dienone is 2. The van der Waals surface area contributed by atoms with Crippen LogP contribution in [0.15, 0.2) is 24.3 Å². The Morgan fingerprint density at radius 2 is 1.79 bits per heavy atom. The van der Waals surface area contributed by atoms with E-state index in [1.807, 2.05) is 0 Å². The van der Waals surface area contributed by atoms with Crippen LogP contribution in [0, 0.1) is 0 Å². The van der Waals surface area contributed by atoms with Gasteiger partial charge in [0.2, 0.25) is 5.24 Å². The highest BCUT2D eigenvalue weighted by Gasteiger charge is 2.17. The molecule has 0 bridgehead atoms. The Hall–Kier alpha value is -1.78. The fourth-order valence-corrected chi connectivity index (χ4v) is 1.77. The summed E-state index contributed by atoms with van der Waals surface area (Å²) in [4.78, 5) is 21.8. The van der Waals surface area contributed by atoms with Gasteiger partial charge in [-0.05, 0) is 42.3 Å². The molecular weight excluding hydrogens is 291 g/mol. The van der Waals surface area contributed by atoms with Crippen molar-refractivity contribution >= 4 is 45.5 Å². The van der Waals surface area contributed by atoms with Crippen molar-refractivity contribution in [2.24, 2.45) is 0 Å². The molecule has 100 valence electrons. The van der Waals surface area contributed by atoms with Crippen molar-refractivity contribution in [1.82, 2.24) is 0 Å². The number of aromatic hydroxyl groups is 1. The molecule has 1 aromatic carbocycles. The van der Waals surface area contributed by atoms with Gasteiger partial charge in [-0.1, -0.05) is 12.2 Å². The SMILES string of the molecule is C/C=C\c1c(/C(O)=C/C(=O)Cl)ccc(C(=O)Cl)c1O. The van der Waals surface area contributed by atoms with Crippen LogP contribution in [-0.2, 0) is 4.79 Å². The molecule has 4 nitrogen and oxygen atoms in total. The highest BCUT2D eigenvalue weighted by molar-refractivity contribution is 6.68. The molecule has 0 heterocycles. The maximum absolute atomic E-state index is 11.1. The van der Waals surface area contributed by atoms with Crippen molar-refractivity contribution in [2.45, 2.75) is 6.92 Å². The minimum atomic E-state index is -0.860. The van der Waals surface area contributed by atoms with Crippen LogP contribution in [0.2, 0.25) is 0 Å². The zero-order valence-electron chi connectivity index (χ0n) is 9.85. The van der Waals surface area contributed by atoms with E-state index < -0.39 is 16.2 Å². The van der Waals surface area contributed by atoms with E-state index in [4.69, 9.17) is 23.2 Å². The molecule has 19 heavy (non-hydrogen) atoms. The number of halogens is 2. The van der Waals surface area contributed by atoms with Crippen molar-refractivity contribution in [3.8, 4) is 5.75 Å². The molecule has 1 aromatic rings. The molecule has 0 radical (unpaired) electrons. The number of benzene rings is 1. The maximum atomic E-state index is 11.1. The quantitative estimate of drug-likeness (QED) is 0.507. The van der Waals surface area contributed by atoms with Crippen LogP contribution < -0.4 is 0 Å². The number of hydrogen-bond acceptors (Lipinski definition) is 4. The van der Waals surface area contributed by atoms with Gasteiger partial charge in [0.1, 0.15) is 11.5 Å². The minimum absolute atomic E-state index is 0.0940. The molecule has 0 saturated carbocycles. The normalized spacial score (nSPS) is 11.8. The maximum Gasteiger partial charge on any atom is 0.256 e. The zero-order valence-corrected chi connectivity index (χ0v) is 11.4. The van der Waals surface area contributed by atoms with Gasteiger partial charge in [0.25, 0.3) is 5.24 Å². The molecule has 0 fully saturated rings. The Bertz CT molecular complexity index is 589. The van der Waals surface area contributed by atoms with Crippen LogP contribution in [0.4, 0.5) is 0 Å². The number of aliphatic hydroxyl groups is 1. The van der Waals surface area contributed by atoms with Crippen LogP contribution in [0.5, 0.6) is 5.75 Å². The molecule has 6 heteroatoms. The van der Waals surface area contributed by atoms with Gasteiger partial charge in [-0.15, -0.1) is 0 Å². The predicted molar refractivity (Wildman–Crippen MR) is 74.5 cm³/mol. The van der Waals surface area contributed by atoms with Gasteiger partial charge < -0.3 is 10.2 Å². The monoisotopic (exact) mass is 300 g/mol. The van der Waals surface area contributed by atoms with E-state index in [9.17, 15) is 19.8 Å². The van der Waals surface area contributed by atoms with Crippen molar-refractivity contribution in [2.75, 3.05) is 0 Å². The summed E-state index contributed by atoms with van der Waals surface area (Å²) in [5.74, 6) is -0.797. The van der Waals surface area contributed by atoms with Crippen LogP contribution in [0.3, 0.4) is 0 Å². The van der Waals surface area contributed by atoms with E-state index in [-0.39, 0.29) is 22.4 Å². The van der Waals surface area contributed by atoms with E-state index in [1.54, 1.807) is 13.0 Å². The number of rotatable bonds is 4. The number of phenols is 1. The molecule has 0 aliphatic heterocycles. The number of hydrogen-bond donors (Lipinski definition) is 2. The van der Waals surface area contributed by atoms with Gasteiger partial charge in [-0.25, -0.2) is 0 Å². The molecule has 0 amide bonds. The Morgan fingerprint density at radius 1 is 1.21 bits per heavy atom. The van der Waals surface area contributed by atoms with Crippen molar-refractivity contribution in [1.29, 1.82) is 0 Å². The fourth-order valence-electron chi connectivity index (χ4n) is 1.51. The predicted octanol–water partition coefficient (Wildman–Crippen LogP) is 3.47. The lowest BCUT2D eigenvalue weighted by atomic mass is 10.0. The number of carbonyl (C=O) groups excluding carboxylic acids is 2. The lowest BCUT2D eigenvalue weighted by Crippen LogP contribution is -1.97. The van der Waals surface area contributed by atoms with Crippen LogP contribution in [0.25, 0.3) is 11.8 Å². The summed E-state index contributed by atoms with van der Waals surface area (Å²) in [6.45, 7) is 1.69. The third kappa shape index (κ3) is 3.59. The van der Waals surface area contributed by atoms with E-state index in [1.165, 1.54) is 18.2 Å². The van der Waals surface area contributed by atoms with Gasteiger partial charge >= 0.3 is 0 Å². The summed E-state index contributed by atoms with van der Waals surface area (Å²) in [6, 6.07) is 2.60. The Kier molecular flexibility index (Phi) is 5.15. The van der Waals surface area contributed by atoms with Gasteiger partial charge in [-0.2, -0.15) is 0 Å². The lowest BCUT2D eigenvalue weighted by Gasteiger charge is -2.10. The Morgan fingerprint density at radius 3 is 2.26 bits per heavy atom. The van der Waals surface area contributed by atoms with Gasteiger partial charge in [0.05, 0.1) is 5.56 Å². The van der Waals surface area contributed by atoms with Gasteiger partial charge in [0, 0.05) is 17.2 Å². The standard InChI is InChI=1S/C13H10Cl2O4/c1-2-3-8-7(10(16)6-11(14)17)4-5-9(12(8)18)13(15)19/h2-6,16,18H,1H3/b3-2-,10-6-. The first-order chi connectivity index (χ1) is 8.88. The van der Waals surface area contributed by atoms with E-state index in [2.05, 4.69) is 0 Å². The highest BCUT2D eigenvalue weighted by atomic mass is 35.5. The van der Waals surface area contributed by atoms with Crippen LogP contribution >= 0.6 is 23.2 Å². The average molecular weight is 301 g/mol. The third-order valence-electron chi connectivity index (χ3n) is 2.29. The topological polar surface area (TPSA) is 74.6 Å². The first kappa shape index (κ1) is 15.3. The van der Waals surface area contributed by atoms with E-state index in [0.29, 0.717) is 0 Å². The summed E-state index contributed by atoms with van der Waals surface area (Å²) in [6.07, 6.45) is 3.86. The summed E-state index contributed by atoms with van der Waals surface area (Å²) in [5, 5.41) is 18.0. The van der Waals surface area contributed by atoms with Crippen molar-refractivity contribution in [3.63, 3.8) is 0 Å². The summed E-state index contributed by atoms with van der Waals surface area (Å²) >= 11 is 10.5. The summed E-state index contributed by atoms with van der Waals surface area (Å²) in [5.41, 5.74) is 0.232. The molecule has 0 aliphatic carbocycles. The first-order valence-electron chi connectivity index (χ1n) is 5.17. The Balaban J connectivity index is 3.54. The third-order valence-corrected chi connectivity index (χ3v) is 2.60. The van der Waals surface area contributed by atoms with Crippen molar-refractivity contribution < 1.29 is 19.8 Å². The van der Waals surface area contributed by atoms with E-state index in [0.717, 1.165) is 6.08 Å². The van der Waals surface area contributed by atoms with Gasteiger partial charge in [-0.3, -0.25) is 9.59 Å². The van der Waals surface area contributed by atoms with Crippen LogP contribution in [0.1, 0.15) is 28.4 Å². The molecular formula is C13H10Cl2O4. The van der Waals surface area contributed by atoms with E-state index >= 15 is 0 Å². The molecule has 0 unspecified atom stereocenters. The Labute approximate surface area is 119 Å². The largest absolute Gasteiger partial charge is 0.507 e. The summed E-state index contributed by atoms with van der Waals surface area (Å²) in [7, 11) is 0. The van der Waals surface area contributed by atoms with Crippen LogP contribution in [-0.4, -0.2) is 20.7 Å². The summed E-state index contributed by atoms with van der Waals surface area (Å²) < 4.78 is 0. The molecule has 0 saturated heterocycles.